The number of hydrogen-bond donors (Lipinski definition) is 2. The first-order valence-electron chi connectivity index (χ1n) is 12.0. The minimum atomic E-state index is -1.22. The minimum Gasteiger partial charge on any atom is -0.483 e. The first-order valence-corrected chi connectivity index (χ1v) is 12.0. The third-order valence-electron chi connectivity index (χ3n) is 7.61. The summed E-state index contributed by atoms with van der Waals surface area (Å²) < 4.78 is 41.5. The number of nitrogens with zero attached hydrogens (tertiary/aromatic N) is 1. The summed E-state index contributed by atoms with van der Waals surface area (Å²) >= 11 is 0. The fourth-order valence-corrected chi connectivity index (χ4v) is 5.66. The molecule has 6 rings (SSSR count). The Kier molecular flexibility index (Phi) is 6.36. The van der Waals surface area contributed by atoms with Crippen LogP contribution in [0.15, 0.2) is 18.2 Å². The summed E-state index contributed by atoms with van der Waals surface area (Å²) in [4.78, 5) is 15.0. The van der Waals surface area contributed by atoms with Gasteiger partial charge in [0.2, 0.25) is 0 Å². The van der Waals surface area contributed by atoms with E-state index < -0.39 is 5.67 Å². The van der Waals surface area contributed by atoms with Gasteiger partial charge in [-0.25, -0.2) is 8.78 Å². The van der Waals surface area contributed by atoms with Crippen LogP contribution in [0.5, 0.6) is 5.75 Å². The molecule has 0 spiro atoms. The van der Waals surface area contributed by atoms with Crippen LogP contribution < -0.4 is 15.4 Å². The van der Waals surface area contributed by atoms with Crippen LogP contribution >= 0.6 is 0 Å². The molecular formula is C24H33F2N3O3. The number of hydrogen-bond acceptors (Lipinski definition) is 5. The number of carbonyl (C=O) groups is 1. The topological polar surface area (TPSA) is 62.8 Å². The number of rotatable bonds is 3. The lowest BCUT2D eigenvalue weighted by molar-refractivity contribution is -0.141. The highest BCUT2D eigenvalue weighted by Crippen LogP contribution is 2.40. The molecule has 2 atom stereocenters. The van der Waals surface area contributed by atoms with Crippen molar-refractivity contribution in [3.8, 4) is 5.75 Å². The van der Waals surface area contributed by atoms with Gasteiger partial charge in [0, 0.05) is 37.8 Å². The molecule has 2 N–H and O–H groups in total. The van der Waals surface area contributed by atoms with Gasteiger partial charge in [-0.05, 0) is 56.6 Å². The fraction of sp³-hybridized carbons (Fsp3) is 0.708. The molecule has 32 heavy (non-hydrogen) atoms. The molecule has 1 aromatic rings. The Hall–Kier alpha value is -1.77. The highest BCUT2D eigenvalue weighted by Gasteiger charge is 2.41. The number of fused-ring (bicyclic) bond motifs is 5. The molecule has 1 aromatic carbocycles. The molecule has 6 nitrogen and oxygen atoms in total. The number of benzene rings is 1. The van der Waals surface area contributed by atoms with Crippen molar-refractivity contribution in [2.24, 2.45) is 0 Å². The largest absolute Gasteiger partial charge is 0.483 e. The number of amides is 1. The van der Waals surface area contributed by atoms with Crippen molar-refractivity contribution in [1.82, 2.24) is 15.5 Å². The molecular weight excluding hydrogens is 416 g/mol. The lowest BCUT2D eigenvalue weighted by Crippen LogP contribution is -2.65. The molecule has 4 aliphatic heterocycles. The second-order valence-corrected chi connectivity index (χ2v) is 9.79. The first kappa shape index (κ1) is 22.0. The summed E-state index contributed by atoms with van der Waals surface area (Å²) in [5.41, 5.74) is -0.624. The predicted octanol–water partition coefficient (Wildman–Crippen LogP) is 2.52. The van der Waals surface area contributed by atoms with Crippen molar-refractivity contribution in [1.29, 1.82) is 0 Å². The van der Waals surface area contributed by atoms with Gasteiger partial charge in [0.05, 0.1) is 18.8 Å². The molecule has 1 amide bonds. The highest BCUT2D eigenvalue weighted by molar-refractivity contribution is 5.78. The second kappa shape index (κ2) is 9.23. The van der Waals surface area contributed by atoms with Crippen LogP contribution in [0.2, 0.25) is 0 Å². The molecule has 1 saturated carbocycles. The second-order valence-electron chi connectivity index (χ2n) is 9.79. The van der Waals surface area contributed by atoms with Gasteiger partial charge in [-0.3, -0.25) is 4.79 Å². The van der Waals surface area contributed by atoms with Gasteiger partial charge in [0.25, 0.3) is 5.91 Å². The molecule has 0 unspecified atom stereocenters. The molecule has 2 bridgehead atoms. The Bertz CT molecular complexity index is 827. The van der Waals surface area contributed by atoms with Crippen LogP contribution in [0.25, 0.3) is 0 Å². The average Bonchev–Trinajstić information content (AvgIpc) is 2.80. The van der Waals surface area contributed by atoms with Crippen molar-refractivity contribution in [2.75, 3.05) is 39.4 Å². The van der Waals surface area contributed by atoms with Crippen LogP contribution in [-0.2, 0) is 9.53 Å². The zero-order chi connectivity index (χ0) is 22.1. The molecule has 0 radical (unpaired) electrons. The first-order chi connectivity index (χ1) is 15.5. The maximum Gasteiger partial charge on any atom is 0.260 e. The van der Waals surface area contributed by atoms with Gasteiger partial charge in [0.1, 0.15) is 17.2 Å². The van der Waals surface area contributed by atoms with Crippen molar-refractivity contribution in [2.45, 2.75) is 68.3 Å². The Morgan fingerprint density at radius 1 is 1.19 bits per heavy atom. The zero-order valence-corrected chi connectivity index (χ0v) is 18.5. The summed E-state index contributed by atoms with van der Waals surface area (Å²) in [6.07, 6.45) is 5.21. The monoisotopic (exact) mass is 449 g/mol. The van der Waals surface area contributed by atoms with Gasteiger partial charge >= 0.3 is 0 Å². The Labute approximate surface area is 188 Å². The van der Waals surface area contributed by atoms with Crippen molar-refractivity contribution < 1.29 is 23.0 Å². The van der Waals surface area contributed by atoms with E-state index in [2.05, 4.69) is 10.6 Å². The fourth-order valence-electron chi connectivity index (χ4n) is 5.66. The molecule has 2 saturated heterocycles. The lowest BCUT2D eigenvalue weighted by atomic mass is 9.82. The maximum atomic E-state index is 14.7. The van der Waals surface area contributed by atoms with Gasteiger partial charge in [-0.2, -0.15) is 0 Å². The van der Waals surface area contributed by atoms with E-state index in [-0.39, 0.29) is 49.0 Å². The Morgan fingerprint density at radius 3 is 2.75 bits per heavy atom. The third kappa shape index (κ3) is 4.50. The molecule has 1 aliphatic carbocycles. The third-order valence-corrected chi connectivity index (χ3v) is 7.61. The molecule has 0 aromatic heterocycles. The summed E-state index contributed by atoms with van der Waals surface area (Å²) in [6.45, 7) is 1.93. The number of halogens is 2. The van der Waals surface area contributed by atoms with Crippen molar-refractivity contribution in [3.05, 3.63) is 29.6 Å². The molecule has 4 heterocycles. The van der Waals surface area contributed by atoms with Crippen LogP contribution in [0.3, 0.4) is 0 Å². The molecule has 5 aliphatic rings. The maximum absolute atomic E-state index is 14.7. The van der Waals surface area contributed by atoms with E-state index in [1.54, 1.807) is 12.1 Å². The number of piperidine rings is 1. The predicted molar refractivity (Wildman–Crippen MR) is 116 cm³/mol. The van der Waals surface area contributed by atoms with E-state index in [0.717, 1.165) is 38.5 Å². The van der Waals surface area contributed by atoms with Crippen LogP contribution in [0.4, 0.5) is 8.78 Å². The van der Waals surface area contributed by atoms with Gasteiger partial charge in [0.15, 0.2) is 6.61 Å². The Morgan fingerprint density at radius 2 is 2.00 bits per heavy atom. The summed E-state index contributed by atoms with van der Waals surface area (Å²) in [7, 11) is 0. The lowest BCUT2D eigenvalue weighted by Gasteiger charge is -2.44. The quantitative estimate of drug-likeness (QED) is 0.743. The zero-order valence-electron chi connectivity index (χ0n) is 18.5. The number of carbonyl (C=O) groups excluding carboxylic acids is 1. The summed E-state index contributed by atoms with van der Waals surface area (Å²) in [5, 5.41) is 6.38. The van der Waals surface area contributed by atoms with Gasteiger partial charge < -0.3 is 25.0 Å². The van der Waals surface area contributed by atoms with E-state index >= 15 is 0 Å². The number of nitrogens with one attached hydrogen (secondary N) is 2. The van der Waals surface area contributed by atoms with Crippen LogP contribution in [0.1, 0.15) is 50.0 Å². The average molecular weight is 450 g/mol. The van der Waals surface area contributed by atoms with E-state index in [4.69, 9.17) is 9.47 Å². The van der Waals surface area contributed by atoms with E-state index in [1.807, 2.05) is 4.90 Å². The highest BCUT2D eigenvalue weighted by atomic mass is 19.1. The smallest absolute Gasteiger partial charge is 0.260 e. The van der Waals surface area contributed by atoms with Gasteiger partial charge in [-0.15, -0.1) is 0 Å². The summed E-state index contributed by atoms with van der Waals surface area (Å²) in [5.74, 6) is 0.157. The van der Waals surface area contributed by atoms with Crippen molar-refractivity contribution >= 4 is 5.91 Å². The minimum absolute atomic E-state index is 0.0212. The van der Waals surface area contributed by atoms with Crippen LogP contribution in [0, 0.1) is 5.82 Å². The number of ether oxygens (including phenoxy) is 2. The summed E-state index contributed by atoms with van der Waals surface area (Å²) in [6, 6.07) is 4.68. The normalized spacial score (nSPS) is 32.4. The molecule has 176 valence electrons. The van der Waals surface area contributed by atoms with Crippen LogP contribution in [-0.4, -0.2) is 74.1 Å². The molecule has 8 heteroatoms. The van der Waals surface area contributed by atoms with Crippen molar-refractivity contribution in [3.63, 3.8) is 0 Å². The van der Waals surface area contributed by atoms with E-state index in [9.17, 15) is 13.6 Å². The van der Waals surface area contributed by atoms with Gasteiger partial charge in [-0.1, -0.05) is 6.07 Å². The Balaban J connectivity index is 1.37. The van der Waals surface area contributed by atoms with E-state index in [1.165, 1.54) is 6.07 Å². The number of alkyl halides is 1. The van der Waals surface area contributed by atoms with E-state index in [0.29, 0.717) is 37.6 Å². The molecule has 3 fully saturated rings. The SMILES string of the molecule is O=C1COc2cccc(F)c2C2CCC(CC2)OC[C@H]2[C@@H](NCC3(F)CNC3)CCCN12. The standard InChI is InChI=1S/C24H33F2N3O3/c25-18-3-1-5-21-23(18)16-6-8-17(9-7-16)31-11-20-19(28-15-24(26)13-27-14-24)4-2-10-29(20)22(30)12-32-21/h1,3,5,16-17,19-20,27-28H,2,4,6-15H2/t16?,17?,19-,20-/m0/s1.